The lowest BCUT2D eigenvalue weighted by molar-refractivity contribution is -0.108. The minimum atomic E-state index is 0.145. The number of para-hydroxylation sites is 1. The Morgan fingerprint density at radius 3 is 3.00 bits per heavy atom. The van der Waals surface area contributed by atoms with Crippen LogP contribution in [0.3, 0.4) is 0 Å². The predicted molar refractivity (Wildman–Crippen MR) is 57.1 cm³/mol. The first-order valence-electron chi connectivity index (χ1n) is 4.85. The molecule has 0 N–H and O–H groups in total. The third-order valence-corrected chi connectivity index (χ3v) is 2.13. The second-order valence-corrected chi connectivity index (χ2v) is 3.17. The topological polar surface area (TPSA) is 63.2 Å². The Morgan fingerprint density at radius 1 is 1.44 bits per heavy atom. The summed E-state index contributed by atoms with van der Waals surface area (Å²) in [5, 5.41) is 9.64. The smallest absolute Gasteiger partial charge is 0.246 e. The van der Waals surface area contributed by atoms with Crippen LogP contribution < -0.4 is 4.74 Å². The summed E-state index contributed by atoms with van der Waals surface area (Å²) >= 11 is 0. The van der Waals surface area contributed by atoms with E-state index in [1.54, 1.807) is 6.07 Å². The normalized spacial score (nSPS) is 9.94. The van der Waals surface area contributed by atoms with Gasteiger partial charge in [0.15, 0.2) is 5.75 Å². The van der Waals surface area contributed by atoms with E-state index in [0.717, 1.165) is 11.7 Å². The van der Waals surface area contributed by atoms with E-state index in [2.05, 4.69) is 0 Å². The third kappa shape index (κ3) is 1.75. The summed E-state index contributed by atoms with van der Waals surface area (Å²) < 4.78 is 10.7. The highest BCUT2D eigenvalue weighted by atomic mass is 16.5. The summed E-state index contributed by atoms with van der Waals surface area (Å²) in [7, 11) is 0. The maximum Gasteiger partial charge on any atom is 0.246 e. The monoisotopic (exact) mass is 215 g/mol. The highest BCUT2D eigenvalue weighted by Crippen LogP contribution is 2.32. The highest BCUT2D eigenvalue weighted by molar-refractivity contribution is 5.86. The standard InChI is InChI=1S/C12H9NO3/c13-8-11-12(15-7-3-6-14)9-4-1-2-5-10(9)16-11/h1-2,4-6H,3,7H2. The average molecular weight is 215 g/mol. The van der Waals surface area contributed by atoms with Crippen molar-refractivity contribution in [3.05, 3.63) is 30.0 Å². The zero-order valence-electron chi connectivity index (χ0n) is 8.47. The molecule has 0 saturated heterocycles. The molecule has 2 rings (SSSR count). The van der Waals surface area contributed by atoms with Crippen LogP contribution in [-0.4, -0.2) is 12.9 Å². The minimum Gasteiger partial charge on any atom is -0.488 e. The van der Waals surface area contributed by atoms with E-state index in [0.29, 0.717) is 17.8 Å². The quantitative estimate of drug-likeness (QED) is 0.579. The summed E-state index contributed by atoms with van der Waals surface area (Å²) in [4.78, 5) is 10.2. The number of aldehydes is 1. The van der Waals surface area contributed by atoms with Gasteiger partial charge in [0.1, 0.15) is 17.9 Å². The molecule has 1 heterocycles. The molecule has 0 fully saturated rings. The van der Waals surface area contributed by atoms with E-state index in [1.165, 1.54) is 0 Å². The van der Waals surface area contributed by atoms with Crippen LogP contribution in [0.1, 0.15) is 12.2 Å². The fraction of sp³-hybridized carbons (Fsp3) is 0.167. The molecule has 0 saturated carbocycles. The van der Waals surface area contributed by atoms with Gasteiger partial charge in [-0.05, 0) is 12.1 Å². The number of carbonyl (C=O) groups excluding carboxylic acids is 1. The maximum atomic E-state index is 10.2. The van der Waals surface area contributed by atoms with Gasteiger partial charge in [0.2, 0.25) is 5.76 Å². The van der Waals surface area contributed by atoms with Crippen LogP contribution in [0.25, 0.3) is 11.0 Å². The molecule has 0 aliphatic heterocycles. The van der Waals surface area contributed by atoms with Gasteiger partial charge in [0.05, 0.1) is 12.0 Å². The van der Waals surface area contributed by atoms with Crippen LogP contribution in [-0.2, 0) is 4.79 Å². The summed E-state index contributed by atoms with van der Waals surface area (Å²) in [6.07, 6.45) is 1.07. The van der Waals surface area contributed by atoms with E-state index in [4.69, 9.17) is 14.4 Å². The van der Waals surface area contributed by atoms with Crippen molar-refractivity contribution in [3.8, 4) is 11.8 Å². The first kappa shape index (κ1) is 10.2. The summed E-state index contributed by atoms with van der Waals surface area (Å²) in [6, 6.07) is 9.17. The van der Waals surface area contributed by atoms with Gasteiger partial charge in [0, 0.05) is 6.42 Å². The molecular weight excluding hydrogens is 206 g/mol. The molecule has 0 unspecified atom stereocenters. The van der Waals surface area contributed by atoms with Gasteiger partial charge in [0.25, 0.3) is 0 Å². The maximum absolute atomic E-state index is 10.2. The lowest BCUT2D eigenvalue weighted by atomic mass is 10.2. The van der Waals surface area contributed by atoms with Gasteiger partial charge in [-0.1, -0.05) is 12.1 Å². The Hall–Kier alpha value is -2.28. The lowest BCUT2D eigenvalue weighted by Gasteiger charge is -2.00. The first-order valence-corrected chi connectivity index (χ1v) is 4.85. The van der Waals surface area contributed by atoms with Crippen LogP contribution >= 0.6 is 0 Å². The van der Waals surface area contributed by atoms with Crippen LogP contribution in [0.2, 0.25) is 0 Å². The minimum absolute atomic E-state index is 0.145. The number of hydrogen-bond donors (Lipinski definition) is 0. The second kappa shape index (κ2) is 4.49. The van der Waals surface area contributed by atoms with Gasteiger partial charge in [-0.2, -0.15) is 5.26 Å². The number of fused-ring (bicyclic) bond motifs is 1. The Bertz CT molecular complexity index is 551. The Labute approximate surface area is 92.0 Å². The molecule has 16 heavy (non-hydrogen) atoms. The number of ether oxygens (including phenoxy) is 1. The van der Waals surface area contributed by atoms with Crippen molar-refractivity contribution in [2.24, 2.45) is 0 Å². The number of rotatable bonds is 4. The molecule has 1 aromatic carbocycles. The van der Waals surface area contributed by atoms with Crippen molar-refractivity contribution in [1.29, 1.82) is 5.26 Å². The number of nitriles is 1. The van der Waals surface area contributed by atoms with Gasteiger partial charge >= 0.3 is 0 Å². The number of benzene rings is 1. The summed E-state index contributed by atoms with van der Waals surface area (Å²) in [5.74, 6) is 0.562. The van der Waals surface area contributed by atoms with Gasteiger partial charge < -0.3 is 13.9 Å². The summed E-state index contributed by atoms with van der Waals surface area (Å²) in [5.41, 5.74) is 0.611. The molecular formula is C12H9NO3. The summed E-state index contributed by atoms with van der Waals surface area (Å²) in [6.45, 7) is 0.252. The molecule has 80 valence electrons. The predicted octanol–water partition coefficient (Wildman–Crippen LogP) is 2.27. The van der Waals surface area contributed by atoms with Crippen molar-refractivity contribution in [3.63, 3.8) is 0 Å². The lowest BCUT2D eigenvalue weighted by Crippen LogP contribution is -1.98. The molecule has 0 aliphatic rings. The molecule has 4 heteroatoms. The molecule has 0 atom stereocenters. The van der Waals surface area contributed by atoms with Crippen LogP contribution in [0.5, 0.6) is 5.75 Å². The van der Waals surface area contributed by atoms with E-state index >= 15 is 0 Å². The first-order chi connectivity index (χ1) is 7.86. The van der Waals surface area contributed by atoms with Crippen molar-refractivity contribution in [2.75, 3.05) is 6.61 Å². The van der Waals surface area contributed by atoms with Gasteiger partial charge in [-0.25, -0.2) is 0 Å². The third-order valence-electron chi connectivity index (χ3n) is 2.13. The molecule has 1 aromatic heterocycles. The van der Waals surface area contributed by atoms with Crippen LogP contribution in [0, 0.1) is 11.3 Å². The Kier molecular flexibility index (Phi) is 2.88. The zero-order chi connectivity index (χ0) is 11.4. The number of carbonyl (C=O) groups is 1. The van der Waals surface area contributed by atoms with E-state index in [-0.39, 0.29) is 12.4 Å². The van der Waals surface area contributed by atoms with Gasteiger partial charge in [-0.15, -0.1) is 0 Å². The largest absolute Gasteiger partial charge is 0.488 e. The number of nitrogens with zero attached hydrogens (tertiary/aromatic N) is 1. The molecule has 0 amide bonds. The van der Waals surface area contributed by atoms with Gasteiger partial charge in [-0.3, -0.25) is 0 Å². The molecule has 0 bridgehead atoms. The molecule has 0 spiro atoms. The fourth-order valence-corrected chi connectivity index (χ4v) is 1.45. The second-order valence-electron chi connectivity index (χ2n) is 3.17. The molecule has 0 aliphatic carbocycles. The van der Waals surface area contributed by atoms with Crippen molar-refractivity contribution in [1.82, 2.24) is 0 Å². The molecule has 4 nitrogen and oxygen atoms in total. The van der Waals surface area contributed by atoms with Crippen molar-refractivity contribution < 1.29 is 13.9 Å². The van der Waals surface area contributed by atoms with Crippen molar-refractivity contribution >= 4 is 17.3 Å². The Balaban J connectivity index is 2.40. The molecule has 0 radical (unpaired) electrons. The van der Waals surface area contributed by atoms with E-state index in [1.807, 2.05) is 24.3 Å². The van der Waals surface area contributed by atoms with Crippen LogP contribution in [0.15, 0.2) is 28.7 Å². The Morgan fingerprint density at radius 2 is 2.25 bits per heavy atom. The van der Waals surface area contributed by atoms with Crippen LogP contribution in [0.4, 0.5) is 0 Å². The van der Waals surface area contributed by atoms with Crippen molar-refractivity contribution in [2.45, 2.75) is 6.42 Å². The SMILES string of the molecule is N#Cc1oc2ccccc2c1OCCC=O. The zero-order valence-corrected chi connectivity index (χ0v) is 8.47. The number of hydrogen-bond acceptors (Lipinski definition) is 4. The average Bonchev–Trinajstić information content (AvgIpc) is 2.68. The van der Waals surface area contributed by atoms with E-state index < -0.39 is 0 Å². The molecule has 2 aromatic rings. The highest BCUT2D eigenvalue weighted by Gasteiger charge is 2.14. The van der Waals surface area contributed by atoms with E-state index in [9.17, 15) is 4.79 Å². The fourth-order valence-electron chi connectivity index (χ4n) is 1.45. The number of furan rings is 1.